The molecule has 2 unspecified atom stereocenters. The van der Waals surface area contributed by atoms with Crippen LogP contribution in [0.2, 0.25) is 0 Å². The highest BCUT2D eigenvalue weighted by Crippen LogP contribution is 2.21. The molecule has 0 heterocycles. The SMILES string of the molecule is COc1ccc(CCNC(=O)C(C)OC(=O)CC(NC(C)=O)c2ccc(OC)cc2)cc1. The van der Waals surface area contributed by atoms with Crippen molar-refractivity contribution in [3.8, 4) is 11.5 Å². The molecule has 0 bridgehead atoms. The minimum absolute atomic E-state index is 0.102. The molecule has 2 amide bonds. The lowest BCUT2D eigenvalue weighted by atomic mass is 10.0. The van der Waals surface area contributed by atoms with Crippen LogP contribution in [-0.2, 0) is 25.5 Å². The normalized spacial score (nSPS) is 12.2. The van der Waals surface area contributed by atoms with Gasteiger partial charge in [-0.15, -0.1) is 0 Å². The lowest BCUT2D eigenvalue weighted by Gasteiger charge is -2.19. The molecule has 0 radical (unpaired) electrons. The first-order chi connectivity index (χ1) is 15.3. The second kappa shape index (κ2) is 12.3. The van der Waals surface area contributed by atoms with Gasteiger partial charge in [-0.05, 0) is 48.7 Å². The maximum atomic E-state index is 12.4. The predicted octanol–water partition coefficient (Wildman–Crippen LogP) is 2.56. The number of amides is 2. The quantitative estimate of drug-likeness (QED) is 0.519. The van der Waals surface area contributed by atoms with Crippen molar-refractivity contribution < 1.29 is 28.6 Å². The molecule has 0 fully saturated rings. The van der Waals surface area contributed by atoms with E-state index in [4.69, 9.17) is 14.2 Å². The van der Waals surface area contributed by atoms with E-state index in [-0.39, 0.29) is 18.2 Å². The standard InChI is InChI=1S/C24H30N2O6/c1-16(24(29)25-14-13-18-5-9-20(30-3)10-6-18)32-23(28)15-22(26-17(2)27)19-7-11-21(31-4)12-8-19/h5-12,16,22H,13-15H2,1-4H3,(H,25,29)(H,26,27). The lowest BCUT2D eigenvalue weighted by molar-refractivity contribution is -0.155. The molecule has 0 saturated heterocycles. The molecule has 2 aromatic rings. The van der Waals surface area contributed by atoms with Crippen LogP contribution in [0, 0.1) is 0 Å². The Morgan fingerprint density at radius 2 is 1.47 bits per heavy atom. The van der Waals surface area contributed by atoms with E-state index in [0.717, 1.165) is 16.9 Å². The average Bonchev–Trinajstić information content (AvgIpc) is 2.78. The van der Waals surface area contributed by atoms with E-state index in [1.54, 1.807) is 38.5 Å². The topological polar surface area (TPSA) is 103 Å². The van der Waals surface area contributed by atoms with E-state index >= 15 is 0 Å². The summed E-state index contributed by atoms with van der Waals surface area (Å²) in [6, 6.07) is 14.0. The Morgan fingerprint density at radius 1 is 0.906 bits per heavy atom. The fourth-order valence-corrected chi connectivity index (χ4v) is 3.07. The van der Waals surface area contributed by atoms with Gasteiger partial charge in [0.2, 0.25) is 5.91 Å². The van der Waals surface area contributed by atoms with Gasteiger partial charge in [0.15, 0.2) is 6.10 Å². The Labute approximate surface area is 188 Å². The molecule has 0 saturated carbocycles. The zero-order chi connectivity index (χ0) is 23.5. The zero-order valence-electron chi connectivity index (χ0n) is 18.8. The molecule has 0 spiro atoms. The number of methoxy groups -OCH3 is 2. The molecule has 2 rings (SSSR count). The summed E-state index contributed by atoms with van der Waals surface area (Å²) in [7, 11) is 3.16. The van der Waals surface area contributed by atoms with Gasteiger partial charge in [-0.3, -0.25) is 14.4 Å². The van der Waals surface area contributed by atoms with Gasteiger partial charge in [0.05, 0.1) is 26.7 Å². The molecule has 8 heteroatoms. The molecule has 0 aliphatic rings. The van der Waals surface area contributed by atoms with Gasteiger partial charge in [-0.1, -0.05) is 24.3 Å². The molecule has 32 heavy (non-hydrogen) atoms. The molecule has 172 valence electrons. The molecule has 2 N–H and O–H groups in total. The summed E-state index contributed by atoms with van der Waals surface area (Å²) >= 11 is 0. The fraction of sp³-hybridized carbons (Fsp3) is 0.375. The summed E-state index contributed by atoms with van der Waals surface area (Å²) in [5.41, 5.74) is 1.78. The van der Waals surface area contributed by atoms with Crippen molar-refractivity contribution in [3.05, 3.63) is 59.7 Å². The summed E-state index contributed by atoms with van der Waals surface area (Å²) < 4.78 is 15.5. The summed E-state index contributed by atoms with van der Waals surface area (Å²) in [4.78, 5) is 36.3. The number of hydrogen-bond acceptors (Lipinski definition) is 6. The molecule has 0 aliphatic heterocycles. The number of hydrogen-bond donors (Lipinski definition) is 2. The molecule has 8 nitrogen and oxygen atoms in total. The second-order valence-corrected chi connectivity index (χ2v) is 7.25. The van der Waals surface area contributed by atoms with E-state index < -0.39 is 18.1 Å². The van der Waals surface area contributed by atoms with Crippen LogP contribution in [0.1, 0.15) is 37.4 Å². The van der Waals surface area contributed by atoms with Crippen molar-refractivity contribution in [2.24, 2.45) is 0 Å². The van der Waals surface area contributed by atoms with Crippen LogP contribution >= 0.6 is 0 Å². The highest BCUT2D eigenvalue weighted by molar-refractivity contribution is 5.83. The van der Waals surface area contributed by atoms with Gasteiger partial charge < -0.3 is 24.8 Å². The van der Waals surface area contributed by atoms with Crippen molar-refractivity contribution in [3.63, 3.8) is 0 Å². The van der Waals surface area contributed by atoms with Crippen molar-refractivity contribution in [1.29, 1.82) is 0 Å². The smallest absolute Gasteiger partial charge is 0.309 e. The number of esters is 1. The van der Waals surface area contributed by atoms with E-state index in [0.29, 0.717) is 18.7 Å². The highest BCUT2D eigenvalue weighted by Gasteiger charge is 2.22. The molecular weight excluding hydrogens is 412 g/mol. The van der Waals surface area contributed by atoms with Crippen molar-refractivity contribution in [2.45, 2.75) is 38.8 Å². The van der Waals surface area contributed by atoms with E-state index in [2.05, 4.69) is 10.6 Å². The van der Waals surface area contributed by atoms with Crippen molar-refractivity contribution in [2.75, 3.05) is 20.8 Å². The Bertz CT molecular complexity index is 896. The zero-order valence-corrected chi connectivity index (χ0v) is 18.8. The highest BCUT2D eigenvalue weighted by atomic mass is 16.5. The first-order valence-corrected chi connectivity index (χ1v) is 10.3. The van der Waals surface area contributed by atoms with Crippen LogP contribution in [0.3, 0.4) is 0 Å². The summed E-state index contributed by atoms with van der Waals surface area (Å²) in [5, 5.41) is 5.50. The Balaban J connectivity index is 1.84. The number of benzene rings is 2. The average molecular weight is 443 g/mol. The number of ether oxygens (including phenoxy) is 3. The minimum Gasteiger partial charge on any atom is -0.497 e. The summed E-state index contributed by atoms with van der Waals surface area (Å²) in [5.74, 6) is 0.191. The van der Waals surface area contributed by atoms with Gasteiger partial charge in [0.1, 0.15) is 11.5 Å². The largest absolute Gasteiger partial charge is 0.497 e. The fourth-order valence-electron chi connectivity index (χ4n) is 3.07. The van der Waals surface area contributed by atoms with Crippen LogP contribution < -0.4 is 20.1 Å². The van der Waals surface area contributed by atoms with E-state index in [1.165, 1.54) is 13.8 Å². The third-order valence-electron chi connectivity index (χ3n) is 4.82. The summed E-state index contributed by atoms with van der Waals surface area (Å²) in [6.45, 7) is 3.30. The number of rotatable bonds is 11. The monoisotopic (exact) mass is 442 g/mol. The van der Waals surface area contributed by atoms with Gasteiger partial charge in [0.25, 0.3) is 5.91 Å². The van der Waals surface area contributed by atoms with E-state index in [9.17, 15) is 14.4 Å². The van der Waals surface area contributed by atoms with Crippen LogP contribution in [0.5, 0.6) is 11.5 Å². The van der Waals surface area contributed by atoms with Gasteiger partial charge in [-0.25, -0.2) is 0 Å². The maximum Gasteiger partial charge on any atom is 0.309 e. The Morgan fingerprint density at radius 3 is 2.00 bits per heavy atom. The Hall–Kier alpha value is -3.55. The number of carbonyl (C=O) groups excluding carboxylic acids is 3. The van der Waals surface area contributed by atoms with Crippen LogP contribution in [0.25, 0.3) is 0 Å². The molecule has 2 aromatic carbocycles. The van der Waals surface area contributed by atoms with Gasteiger partial charge >= 0.3 is 5.97 Å². The first kappa shape index (κ1) is 24.7. The van der Waals surface area contributed by atoms with Crippen molar-refractivity contribution >= 4 is 17.8 Å². The number of carbonyl (C=O) groups is 3. The predicted molar refractivity (Wildman–Crippen MR) is 119 cm³/mol. The molecular formula is C24H30N2O6. The summed E-state index contributed by atoms with van der Waals surface area (Å²) in [6.07, 6.45) is -0.416. The van der Waals surface area contributed by atoms with Crippen LogP contribution in [0.4, 0.5) is 0 Å². The maximum absolute atomic E-state index is 12.4. The molecule has 2 atom stereocenters. The van der Waals surface area contributed by atoms with Crippen molar-refractivity contribution in [1.82, 2.24) is 10.6 Å². The van der Waals surface area contributed by atoms with Crippen LogP contribution in [-0.4, -0.2) is 44.7 Å². The number of nitrogens with one attached hydrogen (secondary N) is 2. The molecule has 0 aromatic heterocycles. The third-order valence-corrected chi connectivity index (χ3v) is 4.82. The third kappa shape index (κ3) is 7.94. The minimum atomic E-state index is -0.952. The Kier molecular flexibility index (Phi) is 9.53. The molecule has 0 aliphatic carbocycles. The second-order valence-electron chi connectivity index (χ2n) is 7.25. The first-order valence-electron chi connectivity index (χ1n) is 10.3. The van der Waals surface area contributed by atoms with E-state index in [1.807, 2.05) is 24.3 Å². The van der Waals surface area contributed by atoms with Gasteiger partial charge in [-0.2, -0.15) is 0 Å². The van der Waals surface area contributed by atoms with Crippen LogP contribution in [0.15, 0.2) is 48.5 Å². The van der Waals surface area contributed by atoms with Gasteiger partial charge in [0, 0.05) is 13.5 Å². The lowest BCUT2D eigenvalue weighted by Crippen LogP contribution is -2.37.